The summed E-state index contributed by atoms with van der Waals surface area (Å²) in [5.41, 5.74) is 1.60. The van der Waals surface area contributed by atoms with Gasteiger partial charge in [0.05, 0.1) is 16.4 Å². The minimum Gasteiger partial charge on any atom is -0.322 e. The molecule has 5 nitrogen and oxygen atoms in total. The third-order valence-corrected chi connectivity index (χ3v) is 4.31. The minimum atomic E-state index is -0.275. The van der Waals surface area contributed by atoms with Gasteiger partial charge in [-0.2, -0.15) is 4.98 Å². The standard InChI is InChI=1S/C15H9ClFN5S/c16-15-19-11-5-6-23-13(11)14(21-15)20-12-7-22(8-18-12)10-3-1-9(17)2-4-10/h1-8H,(H,19,20,21). The molecule has 1 aromatic carbocycles. The van der Waals surface area contributed by atoms with Crippen LogP contribution in [-0.2, 0) is 0 Å². The Balaban J connectivity index is 1.67. The summed E-state index contributed by atoms with van der Waals surface area (Å²) in [7, 11) is 0. The van der Waals surface area contributed by atoms with E-state index in [-0.39, 0.29) is 11.1 Å². The van der Waals surface area contributed by atoms with Crippen molar-refractivity contribution in [3.63, 3.8) is 0 Å². The van der Waals surface area contributed by atoms with Crippen LogP contribution in [0.25, 0.3) is 15.9 Å². The zero-order valence-electron chi connectivity index (χ0n) is 11.6. The highest BCUT2D eigenvalue weighted by Gasteiger charge is 2.10. The molecule has 0 aliphatic heterocycles. The summed E-state index contributed by atoms with van der Waals surface area (Å²) in [5.74, 6) is 0.945. The molecule has 0 aliphatic rings. The van der Waals surface area contributed by atoms with Gasteiger partial charge in [0.15, 0.2) is 5.82 Å². The fourth-order valence-electron chi connectivity index (χ4n) is 2.18. The average Bonchev–Trinajstić information content (AvgIpc) is 3.17. The molecule has 0 saturated heterocycles. The highest BCUT2D eigenvalue weighted by Crippen LogP contribution is 2.29. The number of thiophene rings is 1. The quantitative estimate of drug-likeness (QED) is 0.559. The molecule has 0 amide bonds. The highest BCUT2D eigenvalue weighted by atomic mass is 35.5. The molecule has 0 radical (unpaired) electrons. The van der Waals surface area contributed by atoms with Crippen LogP contribution in [0.1, 0.15) is 0 Å². The highest BCUT2D eigenvalue weighted by molar-refractivity contribution is 7.17. The SMILES string of the molecule is Fc1ccc(-n2cnc(Nc3nc(Cl)nc4ccsc34)c2)cc1. The van der Waals surface area contributed by atoms with Gasteiger partial charge in [-0.3, -0.25) is 0 Å². The summed E-state index contributed by atoms with van der Waals surface area (Å²) in [6.07, 6.45) is 3.44. The largest absolute Gasteiger partial charge is 0.322 e. The lowest BCUT2D eigenvalue weighted by Crippen LogP contribution is -1.96. The van der Waals surface area contributed by atoms with E-state index in [0.717, 1.165) is 15.9 Å². The number of nitrogens with one attached hydrogen (secondary N) is 1. The zero-order chi connectivity index (χ0) is 15.8. The van der Waals surface area contributed by atoms with Crippen LogP contribution in [0.3, 0.4) is 0 Å². The van der Waals surface area contributed by atoms with Crippen molar-refractivity contribution in [2.24, 2.45) is 0 Å². The molecule has 3 aromatic heterocycles. The van der Waals surface area contributed by atoms with Crippen LogP contribution >= 0.6 is 22.9 Å². The van der Waals surface area contributed by atoms with E-state index in [2.05, 4.69) is 20.3 Å². The van der Waals surface area contributed by atoms with Crippen LogP contribution in [0.15, 0.2) is 48.2 Å². The second kappa shape index (κ2) is 5.60. The van der Waals surface area contributed by atoms with Crippen molar-refractivity contribution in [1.29, 1.82) is 0 Å². The van der Waals surface area contributed by atoms with Gasteiger partial charge in [0.1, 0.15) is 18.0 Å². The summed E-state index contributed by atoms with van der Waals surface area (Å²) < 4.78 is 15.7. The number of rotatable bonds is 3. The molecule has 0 atom stereocenters. The van der Waals surface area contributed by atoms with Crippen LogP contribution in [0.5, 0.6) is 0 Å². The maximum atomic E-state index is 13.0. The Labute approximate surface area is 139 Å². The number of benzene rings is 1. The molecule has 0 bridgehead atoms. The molecule has 4 aromatic rings. The molecular formula is C15H9ClFN5S. The Hall–Kier alpha value is -2.51. The smallest absolute Gasteiger partial charge is 0.224 e. The molecule has 0 aliphatic carbocycles. The third-order valence-electron chi connectivity index (χ3n) is 3.23. The molecule has 0 unspecified atom stereocenters. The Bertz CT molecular complexity index is 979. The molecule has 4 rings (SSSR count). The fraction of sp³-hybridized carbons (Fsp3) is 0. The number of aromatic nitrogens is 4. The summed E-state index contributed by atoms with van der Waals surface area (Å²) in [4.78, 5) is 12.7. The molecular weight excluding hydrogens is 337 g/mol. The monoisotopic (exact) mass is 345 g/mol. The maximum Gasteiger partial charge on any atom is 0.224 e. The van der Waals surface area contributed by atoms with Gasteiger partial charge >= 0.3 is 0 Å². The molecule has 8 heteroatoms. The van der Waals surface area contributed by atoms with E-state index < -0.39 is 0 Å². The van der Waals surface area contributed by atoms with Gasteiger partial charge in [-0.15, -0.1) is 11.3 Å². The summed E-state index contributed by atoms with van der Waals surface area (Å²) in [6.45, 7) is 0. The Morgan fingerprint density at radius 1 is 1.13 bits per heavy atom. The zero-order valence-corrected chi connectivity index (χ0v) is 13.1. The van der Waals surface area contributed by atoms with Crippen molar-refractivity contribution in [1.82, 2.24) is 19.5 Å². The second-order valence-corrected chi connectivity index (χ2v) is 6.00. The lowest BCUT2D eigenvalue weighted by molar-refractivity contribution is 0.627. The van der Waals surface area contributed by atoms with E-state index in [1.807, 2.05) is 11.4 Å². The van der Waals surface area contributed by atoms with Gasteiger partial charge in [0, 0.05) is 5.69 Å². The predicted molar refractivity (Wildman–Crippen MR) is 89.2 cm³/mol. The third kappa shape index (κ3) is 2.76. The van der Waals surface area contributed by atoms with Crippen molar-refractivity contribution in [2.75, 3.05) is 5.32 Å². The van der Waals surface area contributed by atoms with Gasteiger partial charge < -0.3 is 9.88 Å². The molecule has 3 heterocycles. The van der Waals surface area contributed by atoms with Crippen molar-refractivity contribution in [3.05, 3.63) is 59.3 Å². The number of hydrogen-bond acceptors (Lipinski definition) is 5. The topological polar surface area (TPSA) is 55.6 Å². The number of imidazole rings is 1. The van der Waals surface area contributed by atoms with Crippen molar-refractivity contribution in [2.45, 2.75) is 0 Å². The van der Waals surface area contributed by atoms with E-state index >= 15 is 0 Å². The van der Waals surface area contributed by atoms with Crippen LogP contribution in [0.4, 0.5) is 16.0 Å². The van der Waals surface area contributed by atoms with E-state index in [1.54, 1.807) is 29.2 Å². The van der Waals surface area contributed by atoms with Crippen molar-refractivity contribution >= 4 is 44.8 Å². The van der Waals surface area contributed by atoms with E-state index in [0.29, 0.717) is 11.6 Å². The van der Waals surface area contributed by atoms with Crippen LogP contribution in [0, 0.1) is 5.82 Å². The number of fused-ring (bicyclic) bond motifs is 1. The lowest BCUT2D eigenvalue weighted by atomic mass is 10.3. The molecule has 0 saturated carbocycles. The van der Waals surface area contributed by atoms with Crippen LogP contribution in [-0.4, -0.2) is 19.5 Å². The maximum absolute atomic E-state index is 13.0. The van der Waals surface area contributed by atoms with Gasteiger partial charge in [-0.25, -0.2) is 14.4 Å². The van der Waals surface area contributed by atoms with E-state index in [4.69, 9.17) is 11.6 Å². The van der Waals surface area contributed by atoms with Crippen LogP contribution in [0.2, 0.25) is 5.28 Å². The summed E-state index contributed by atoms with van der Waals surface area (Å²) >= 11 is 7.47. The first-order chi connectivity index (χ1) is 11.2. The van der Waals surface area contributed by atoms with Gasteiger partial charge in [-0.05, 0) is 47.3 Å². The van der Waals surface area contributed by atoms with Gasteiger partial charge in [-0.1, -0.05) is 0 Å². The first kappa shape index (κ1) is 14.1. The van der Waals surface area contributed by atoms with Crippen molar-refractivity contribution in [3.8, 4) is 5.69 Å². The number of nitrogens with zero attached hydrogens (tertiary/aromatic N) is 4. The Morgan fingerprint density at radius 3 is 2.78 bits per heavy atom. The Kier molecular flexibility index (Phi) is 3.44. The van der Waals surface area contributed by atoms with E-state index in [1.165, 1.54) is 23.5 Å². The molecule has 1 N–H and O–H groups in total. The summed E-state index contributed by atoms with van der Waals surface area (Å²) in [6, 6.07) is 8.05. The Morgan fingerprint density at radius 2 is 1.96 bits per heavy atom. The second-order valence-electron chi connectivity index (χ2n) is 4.74. The fourth-order valence-corrected chi connectivity index (χ4v) is 3.13. The van der Waals surface area contributed by atoms with E-state index in [9.17, 15) is 4.39 Å². The van der Waals surface area contributed by atoms with Crippen molar-refractivity contribution < 1.29 is 4.39 Å². The number of halogens is 2. The first-order valence-electron chi connectivity index (χ1n) is 6.67. The molecule has 23 heavy (non-hydrogen) atoms. The molecule has 114 valence electrons. The number of hydrogen-bond donors (Lipinski definition) is 1. The molecule has 0 spiro atoms. The normalized spacial score (nSPS) is 11.0. The lowest BCUT2D eigenvalue weighted by Gasteiger charge is -2.04. The molecule has 0 fully saturated rings. The summed E-state index contributed by atoms with van der Waals surface area (Å²) in [5, 5.41) is 5.25. The predicted octanol–water partition coefficient (Wildman–Crippen LogP) is 4.41. The van der Waals surface area contributed by atoms with Gasteiger partial charge in [0.25, 0.3) is 0 Å². The van der Waals surface area contributed by atoms with Gasteiger partial charge in [0.2, 0.25) is 5.28 Å². The van der Waals surface area contributed by atoms with Crippen LogP contribution < -0.4 is 5.32 Å². The first-order valence-corrected chi connectivity index (χ1v) is 7.92. The minimum absolute atomic E-state index is 0.177. The number of anilines is 2. The average molecular weight is 346 g/mol.